The third kappa shape index (κ3) is 6.59. The van der Waals surface area contributed by atoms with Crippen molar-refractivity contribution in [3.05, 3.63) is 107 Å². The van der Waals surface area contributed by atoms with Crippen molar-refractivity contribution in [3.63, 3.8) is 0 Å². The fourth-order valence-electron chi connectivity index (χ4n) is 4.86. The van der Waals surface area contributed by atoms with Crippen molar-refractivity contribution >= 4 is 23.5 Å². The first-order valence-corrected chi connectivity index (χ1v) is 13.5. The topological polar surface area (TPSA) is 159 Å². The van der Waals surface area contributed by atoms with Crippen LogP contribution in [0.15, 0.2) is 73.1 Å². The van der Waals surface area contributed by atoms with Crippen molar-refractivity contribution in [2.24, 2.45) is 11.7 Å². The van der Waals surface area contributed by atoms with Gasteiger partial charge in [0.15, 0.2) is 5.69 Å². The van der Waals surface area contributed by atoms with Crippen molar-refractivity contribution in [2.75, 3.05) is 5.32 Å². The zero-order valence-electron chi connectivity index (χ0n) is 23.0. The number of halogens is 4. The van der Waals surface area contributed by atoms with Gasteiger partial charge in [-0.1, -0.05) is 37.1 Å². The first-order valence-electron chi connectivity index (χ1n) is 13.5. The second-order valence-electron chi connectivity index (χ2n) is 10.5. The Morgan fingerprint density at radius 1 is 1.07 bits per heavy atom. The zero-order valence-corrected chi connectivity index (χ0v) is 23.0. The summed E-state index contributed by atoms with van der Waals surface area (Å²) in [6.45, 7) is 0. The average molecular weight is 610 g/mol. The van der Waals surface area contributed by atoms with Gasteiger partial charge in [-0.05, 0) is 60.2 Å². The fraction of sp³-hybridized carbons (Fsp3) is 0.233. The number of amidine groups is 1. The van der Waals surface area contributed by atoms with E-state index in [0.717, 1.165) is 25.3 Å². The van der Waals surface area contributed by atoms with Gasteiger partial charge in [-0.3, -0.25) is 20.5 Å². The van der Waals surface area contributed by atoms with Crippen LogP contribution in [0.25, 0.3) is 5.69 Å². The average Bonchev–Trinajstić information content (AvgIpc) is 3.71. The molecule has 2 aromatic carbocycles. The Balaban J connectivity index is 1.51. The number of nitrogens with zero attached hydrogens (tertiary/aromatic N) is 3. The number of carboxylic acid groups (broad SMARTS) is 1. The molecule has 14 heteroatoms. The van der Waals surface area contributed by atoms with E-state index in [1.807, 2.05) is 5.32 Å². The number of anilines is 1. The van der Waals surface area contributed by atoms with Gasteiger partial charge in [-0.25, -0.2) is 13.9 Å². The Labute approximate surface area is 248 Å². The SMILES string of the molecule is N=C(NC(=O)O)c1cccc(-n2nc(C(F)(F)F)cc2C(=O)Nc2cc(C(N)(CCC3CC3)c3cccnc3)ccc2F)c1. The largest absolute Gasteiger partial charge is 0.465 e. The van der Waals surface area contributed by atoms with Gasteiger partial charge in [-0.2, -0.15) is 18.3 Å². The molecule has 0 aliphatic heterocycles. The molecule has 1 fully saturated rings. The van der Waals surface area contributed by atoms with E-state index in [2.05, 4.69) is 15.4 Å². The lowest BCUT2D eigenvalue weighted by Gasteiger charge is -2.31. The van der Waals surface area contributed by atoms with Crippen LogP contribution in [-0.4, -0.2) is 37.7 Å². The number of rotatable bonds is 9. The molecule has 1 saturated carbocycles. The molecule has 0 saturated heterocycles. The van der Waals surface area contributed by atoms with E-state index in [-0.39, 0.29) is 16.9 Å². The highest BCUT2D eigenvalue weighted by molar-refractivity contribution is 6.05. The number of carbonyl (C=O) groups is 2. The molecule has 2 amide bonds. The van der Waals surface area contributed by atoms with E-state index < -0.39 is 46.8 Å². The van der Waals surface area contributed by atoms with Crippen LogP contribution in [0, 0.1) is 17.1 Å². The molecule has 0 radical (unpaired) electrons. The van der Waals surface area contributed by atoms with Crippen LogP contribution in [-0.2, 0) is 11.7 Å². The molecule has 0 bridgehead atoms. The summed E-state index contributed by atoms with van der Waals surface area (Å²) < 4.78 is 56.8. The van der Waals surface area contributed by atoms with Gasteiger partial charge in [0, 0.05) is 24.0 Å². The highest BCUT2D eigenvalue weighted by Crippen LogP contribution is 2.40. The molecule has 2 aromatic heterocycles. The third-order valence-corrected chi connectivity index (χ3v) is 7.39. The molecule has 6 N–H and O–H groups in total. The van der Waals surface area contributed by atoms with Crippen LogP contribution in [0.4, 0.5) is 28.0 Å². The maximum Gasteiger partial charge on any atom is 0.435 e. The molecule has 1 aliphatic carbocycles. The van der Waals surface area contributed by atoms with Gasteiger partial charge in [-0.15, -0.1) is 0 Å². The van der Waals surface area contributed by atoms with E-state index in [1.165, 1.54) is 36.4 Å². The third-order valence-electron chi connectivity index (χ3n) is 7.39. The summed E-state index contributed by atoms with van der Waals surface area (Å²) in [6.07, 6.45) is 0.315. The normalized spacial score (nSPS) is 14.5. The summed E-state index contributed by atoms with van der Waals surface area (Å²) >= 11 is 0. The minimum absolute atomic E-state index is 0.0000486. The van der Waals surface area contributed by atoms with Crippen LogP contribution in [0.3, 0.4) is 0 Å². The Bertz CT molecular complexity index is 1720. The summed E-state index contributed by atoms with van der Waals surface area (Å²) in [5.74, 6) is -1.95. The number of carbonyl (C=O) groups excluding carboxylic acids is 1. The van der Waals surface area contributed by atoms with E-state index in [4.69, 9.17) is 16.2 Å². The van der Waals surface area contributed by atoms with Crippen LogP contribution in [0.2, 0.25) is 0 Å². The summed E-state index contributed by atoms with van der Waals surface area (Å²) in [6, 6.07) is 13.2. The molecule has 1 unspecified atom stereocenters. The molecular weight excluding hydrogens is 582 g/mol. The molecule has 1 aliphatic rings. The molecule has 10 nitrogen and oxygen atoms in total. The van der Waals surface area contributed by atoms with Gasteiger partial charge in [0.1, 0.15) is 17.3 Å². The minimum atomic E-state index is -4.93. The molecule has 2 heterocycles. The van der Waals surface area contributed by atoms with Gasteiger partial charge in [0.2, 0.25) is 0 Å². The quantitative estimate of drug-likeness (QED) is 0.0935. The molecule has 1 atom stereocenters. The molecule has 4 aromatic rings. The number of alkyl halides is 3. The number of nitrogens with one attached hydrogen (secondary N) is 3. The van der Waals surface area contributed by atoms with Crippen molar-refractivity contribution in [1.82, 2.24) is 20.1 Å². The van der Waals surface area contributed by atoms with Crippen LogP contribution >= 0.6 is 0 Å². The number of pyridine rings is 1. The summed E-state index contributed by atoms with van der Waals surface area (Å²) in [5, 5.41) is 24.5. The second kappa shape index (κ2) is 11.9. The van der Waals surface area contributed by atoms with Crippen molar-refractivity contribution in [3.8, 4) is 5.69 Å². The van der Waals surface area contributed by atoms with Crippen molar-refractivity contribution in [1.29, 1.82) is 5.41 Å². The first kappa shape index (κ1) is 30.4. The summed E-state index contributed by atoms with van der Waals surface area (Å²) in [7, 11) is 0. The van der Waals surface area contributed by atoms with Crippen LogP contribution in [0.1, 0.15) is 58.6 Å². The predicted molar refractivity (Wildman–Crippen MR) is 152 cm³/mol. The van der Waals surface area contributed by atoms with E-state index in [9.17, 15) is 22.8 Å². The lowest BCUT2D eigenvalue weighted by Crippen LogP contribution is -2.38. The van der Waals surface area contributed by atoms with E-state index in [0.29, 0.717) is 34.2 Å². The van der Waals surface area contributed by atoms with Gasteiger partial charge >= 0.3 is 12.3 Å². The Morgan fingerprint density at radius 2 is 1.84 bits per heavy atom. The maximum atomic E-state index is 15.1. The van der Waals surface area contributed by atoms with Gasteiger partial charge in [0.25, 0.3) is 5.91 Å². The van der Waals surface area contributed by atoms with Crippen molar-refractivity contribution < 1.29 is 32.3 Å². The number of hydrogen-bond acceptors (Lipinski definition) is 6. The lowest BCUT2D eigenvalue weighted by atomic mass is 9.80. The maximum absolute atomic E-state index is 15.1. The highest BCUT2D eigenvalue weighted by Gasteiger charge is 2.37. The predicted octanol–water partition coefficient (Wildman–Crippen LogP) is 5.66. The number of hydrogen-bond donors (Lipinski definition) is 5. The number of amides is 2. The summed E-state index contributed by atoms with van der Waals surface area (Å²) in [5.41, 5.74) is 4.64. The second-order valence-corrected chi connectivity index (χ2v) is 10.5. The lowest BCUT2D eigenvalue weighted by molar-refractivity contribution is -0.141. The Hall–Kier alpha value is -5.11. The molecule has 0 spiro atoms. The van der Waals surface area contributed by atoms with E-state index >= 15 is 4.39 Å². The standard InChI is InChI=1S/C30H27F4N7O3/c31-22-9-8-19(29(36,11-10-17-6-7-17)20-4-2-12-37-16-20)14-23(22)38-27(42)24-15-25(30(32,33)34)40-41(24)21-5-1-3-18(13-21)26(35)39-28(43)44/h1-5,8-9,12-17H,6-7,10-11,36H2,(H2,35,39)(H,38,42)(H,43,44). The summed E-state index contributed by atoms with van der Waals surface area (Å²) in [4.78, 5) is 28.5. The minimum Gasteiger partial charge on any atom is -0.465 e. The monoisotopic (exact) mass is 609 g/mol. The molecule has 228 valence electrons. The van der Waals surface area contributed by atoms with Gasteiger partial charge < -0.3 is 16.2 Å². The number of benzene rings is 2. The van der Waals surface area contributed by atoms with E-state index in [1.54, 1.807) is 24.5 Å². The fourth-order valence-corrected chi connectivity index (χ4v) is 4.86. The Morgan fingerprint density at radius 3 is 2.50 bits per heavy atom. The van der Waals surface area contributed by atoms with Crippen molar-refractivity contribution in [2.45, 2.75) is 37.4 Å². The number of aromatic nitrogens is 3. The van der Waals surface area contributed by atoms with Crippen LogP contribution < -0.4 is 16.4 Å². The molecule has 5 rings (SSSR count). The van der Waals surface area contributed by atoms with Crippen LogP contribution in [0.5, 0.6) is 0 Å². The van der Waals surface area contributed by atoms with Gasteiger partial charge in [0.05, 0.1) is 16.9 Å². The first-order chi connectivity index (χ1) is 20.8. The zero-order chi connectivity index (χ0) is 31.6. The molecule has 44 heavy (non-hydrogen) atoms. The number of nitrogens with two attached hydrogens (primary N) is 1. The smallest absolute Gasteiger partial charge is 0.435 e. The Kier molecular flexibility index (Phi) is 8.19. The molecular formula is C30H27F4N7O3. The highest BCUT2D eigenvalue weighted by atomic mass is 19.4.